The van der Waals surface area contributed by atoms with Crippen LogP contribution in [0.1, 0.15) is 47.3 Å². The second kappa shape index (κ2) is 7.84. The zero-order valence-electron chi connectivity index (χ0n) is 18.4. The number of pyridine rings is 1. The van der Waals surface area contributed by atoms with Gasteiger partial charge in [-0.05, 0) is 67.1 Å². The number of fused-ring (bicyclic) bond motifs is 2. The molecule has 31 heavy (non-hydrogen) atoms. The summed E-state index contributed by atoms with van der Waals surface area (Å²) in [6, 6.07) is 18.1. The lowest BCUT2D eigenvalue weighted by Gasteiger charge is -2.38. The van der Waals surface area contributed by atoms with Crippen LogP contribution >= 0.6 is 0 Å². The second-order valence-corrected chi connectivity index (χ2v) is 8.52. The number of aromatic nitrogens is 2. The van der Waals surface area contributed by atoms with Crippen molar-refractivity contribution in [1.29, 1.82) is 0 Å². The molecular weight excluding hydrogens is 385 g/mol. The first-order valence-corrected chi connectivity index (χ1v) is 11.1. The molecule has 0 N–H and O–H groups in total. The molecule has 5 rings (SSSR count). The highest BCUT2D eigenvalue weighted by molar-refractivity contribution is 5.94. The molecule has 3 nitrogen and oxygen atoms in total. The molecule has 1 aliphatic heterocycles. The Morgan fingerprint density at radius 1 is 1.03 bits per heavy atom. The topological polar surface area (TPSA) is 21.1 Å². The van der Waals surface area contributed by atoms with Gasteiger partial charge in [-0.3, -0.25) is 0 Å². The van der Waals surface area contributed by atoms with E-state index in [1.54, 1.807) is 0 Å². The molecule has 0 aliphatic carbocycles. The van der Waals surface area contributed by atoms with E-state index in [4.69, 9.17) is 4.98 Å². The zero-order chi connectivity index (χ0) is 21.5. The maximum Gasteiger partial charge on any atom is 0.153 e. The second-order valence-electron chi connectivity index (χ2n) is 8.52. The monoisotopic (exact) mass is 413 g/mol. The highest BCUT2D eigenvalue weighted by Gasteiger charge is 2.29. The summed E-state index contributed by atoms with van der Waals surface area (Å²) in [5.74, 6) is 0.853. The van der Waals surface area contributed by atoms with E-state index in [9.17, 15) is 4.39 Å². The number of hydrogen-bond acceptors (Lipinski definition) is 2. The summed E-state index contributed by atoms with van der Waals surface area (Å²) in [4.78, 5) is 7.41. The molecule has 0 saturated carbocycles. The maximum absolute atomic E-state index is 13.4. The van der Waals surface area contributed by atoms with Gasteiger partial charge in [0.2, 0.25) is 0 Å². The molecule has 0 radical (unpaired) electrons. The van der Waals surface area contributed by atoms with E-state index >= 15 is 0 Å². The molecule has 2 aromatic carbocycles. The van der Waals surface area contributed by atoms with Gasteiger partial charge in [0.1, 0.15) is 5.82 Å². The van der Waals surface area contributed by atoms with Crippen molar-refractivity contribution in [2.24, 2.45) is 0 Å². The van der Waals surface area contributed by atoms with Gasteiger partial charge >= 0.3 is 0 Å². The van der Waals surface area contributed by atoms with Crippen LogP contribution in [0, 0.1) is 19.7 Å². The molecule has 1 unspecified atom stereocenters. The van der Waals surface area contributed by atoms with Crippen molar-refractivity contribution in [2.75, 3.05) is 11.4 Å². The van der Waals surface area contributed by atoms with E-state index in [0.29, 0.717) is 12.6 Å². The van der Waals surface area contributed by atoms with Gasteiger partial charge in [0.15, 0.2) is 5.82 Å². The number of aryl methyl sites for hydroxylation is 1. The van der Waals surface area contributed by atoms with Crippen molar-refractivity contribution in [3.63, 3.8) is 0 Å². The van der Waals surface area contributed by atoms with Crippen LogP contribution in [-0.2, 0) is 13.0 Å². The third kappa shape index (κ3) is 3.31. The summed E-state index contributed by atoms with van der Waals surface area (Å²) >= 11 is 0. The fourth-order valence-electron chi connectivity index (χ4n) is 5.10. The van der Waals surface area contributed by atoms with E-state index in [0.717, 1.165) is 30.8 Å². The fraction of sp³-hybridized carbons (Fsp3) is 0.296. The van der Waals surface area contributed by atoms with Gasteiger partial charge in [-0.1, -0.05) is 43.3 Å². The highest BCUT2D eigenvalue weighted by atomic mass is 19.1. The molecule has 0 spiro atoms. The van der Waals surface area contributed by atoms with Crippen molar-refractivity contribution in [1.82, 2.24) is 9.55 Å². The molecule has 1 atom stereocenters. The Bertz CT molecular complexity index is 1240. The summed E-state index contributed by atoms with van der Waals surface area (Å²) in [6.07, 6.45) is 4.01. The molecule has 4 aromatic rings. The summed E-state index contributed by atoms with van der Waals surface area (Å²) in [6.45, 7) is 8.28. The van der Waals surface area contributed by atoms with Gasteiger partial charge in [-0.25, -0.2) is 9.37 Å². The van der Waals surface area contributed by atoms with Crippen molar-refractivity contribution in [3.8, 4) is 0 Å². The average Bonchev–Trinajstić information content (AvgIpc) is 3.04. The van der Waals surface area contributed by atoms with Crippen LogP contribution in [0.15, 0.2) is 60.8 Å². The highest BCUT2D eigenvalue weighted by Crippen LogP contribution is 2.39. The van der Waals surface area contributed by atoms with Crippen LogP contribution < -0.4 is 4.90 Å². The lowest BCUT2D eigenvalue weighted by molar-refractivity contribution is 0.562. The van der Waals surface area contributed by atoms with Crippen LogP contribution in [0.5, 0.6) is 0 Å². The van der Waals surface area contributed by atoms with Gasteiger partial charge in [-0.2, -0.15) is 0 Å². The van der Waals surface area contributed by atoms with Gasteiger partial charge < -0.3 is 9.47 Å². The Hall–Kier alpha value is -3.14. The van der Waals surface area contributed by atoms with E-state index in [-0.39, 0.29) is 5.82 Å². The molecule has 0 amide bonds. The van der Waals surface area contributed by atoms with E-state index in [1.807, 2.05) is 18.3 Å². The first-order chi connectivity index (χ1) is 15.1. The van der Waals surface area contributed by atoms with Gasteiger partial charge in [-0.15, -0.1) is 0 Å². The Morgan fingerprint density at radius 3 is 2.58 bits per heavy atom. The van der Waals surface area contributed by atoms with Crippen molar-refractivity contribution in [2.45, 2.75) is 46.2 Å². The van der Waals surface area contributed by atoms with Crippen LogP contribution in [0.25, 0.3) is 10.9 Å². The Morgan fingerprint density at radius 2 is 1.81 bits per heavy atom. The van der Waals surface area contributed by atoms with Crippen LogP contribution in [0.4, 0.5) is 10.2 Å². The standard InChI is InChI=1S/C27H28FN3/c1-4-25-24-8-6-5-7-21(24)14-16-30(25)27-26-23(13-15-29-27)18(2)19(3)31(26)17-20-9-11-22(28)12-10-20/h5-13,15,25H,4,14,16-17H2,1-3H3. The van der Waals surface area contributed by atoms with Crippen molar-refractivity contribution in [3.05, 3.63) is 94.6 Å². The number of nitrogens with zero attached hydrogens (tertiary/aromatic N) is 3. The lowest BCUT2D eigenvalue weighted by Crippen LogP contribution is -2.36. The minimum Gasteiger partial charge on any atom is -0.347 e. The summed E-state index contributed by atoms with van der Waals surface area (Å²) in [7, 11) is 0. The molecule has 158 valence electrons. The van der Waals surface area contributed by atoms with Gasteiger partial charge in [0.05, 0.1) is 11.6 Å². The third-order valence-corrected chi connectivity index (χ3v) is 6.85. The minimum atomic E-state index is -0.200. The van der Waals surface area contributed by atoms with Crippen molar-refractivity contribution >= 4 is 16.7 Å². The molecule has 4 heteroatoms. The first-order valence-electron chi connectivity index (χ1n) is 11.1. The zero-order valence-corrected chi connectivity index (χ0v) is 18.4. The Balaban J connectivity index is 1.66. The maximum atomic E-state index is 13.4. The summed E-state index contributed by atoms with van der Waals surface area (Å²) in [5, 5.41) is 1.25. The van der Waals surface area contributed by atoms with Gasteiger partial charge in [0.25, 0.3) is 0 Å². The SMILES string of the molecule is CCC1c2ccccc2CCN1c1nccc2c(C)c(C)n(Cc3ccc(F)cc3)c12. The van der Waals surface area contributed by atoms with Crippen LogP contribution in [0.2, 0.25) is 0 Å². The first kappa shape index (κ1) is 19.8. The molecule has 2 aromatic heterocycles. The molecule has 3 heterocycles. The predicted octanol–water partition coefficient (Wildman–Crippen LogP) is 6.35. The molecule has 1 aliphatic rings. The number of halogens is 1. The quantitative estimate of drug-likeness (QED) is 0.388. The van der Waals surface area contributed by atoms with Crippen LogP contribution in [-0.4, -0.2) is 16.1 Å². The lowest BCUT2D eigenvalue weighted by atomic mass is 9.91. The number of hydrogen-bond donors (Lipinski definition) is 0. The van der Waals surface area contributed by atoms with E-state index < -0.39 is 0 Å². The number of rotatable bonds is 4. The van der Waals surface area contributed by atoms with E-state index in [2.05, 4.69) is 60.6 Å². The summed E-state index contributed by atoms with van der Waals surface area (Å²) < 4.78 is 15.8. The molecule has 0 fully saturated rings. The molecular formula is C27H28FN3. The average molecular weight is 414 g/mol. The summed E-state index contributed by atoms with van der Waals surface area (Å²) in [5.41, 5.74) is 7.66. The third-order valence-electron chi connectivity index (χ3n) is 6.85. The Kier molecular flexibility index (Phi) is 5.01. The normalized spacial score (nSPS) is 16.0. The predicted molar refractivity (Wildman–Crippen MR) is 125 cm³/mol. The largest absolute Gasteiger partial charge is 0.347 e. The molecule has 0 saturated heterocycles. The van der Waals surface area contributed by atoms with Crippen molar-refractivity contribution < 1.29 is 4.39 Å². The minimum absolute atomic E-state index is 0.200. The van der Waals surface area contributed by atoms with E-state index in [1.165, 1.54) is 45.4 Å². The smallest absolute Gasteiger partial charge is 0.153 e. The number of anilines is 1. The van der Waals surface area contributed by atoms with Gasteiger partial charge in [0, 0.05) is 30.4 Å². The fourth-order valence-corrected chi connectivity index (χ4v) is 5.10. The Labute approximate surface area is 183 Å². The molecule has 0 bridgehead atoms. The number of benzene rings is 2. The van der Waals surface area contributed by atoms with Crippen LogP contribution in [0.3, 0.4) is 0 Å².